The number of imidazole rings is 1. The molecule has 33 heavy (non-hydrogen) atoms. The Labute approximate surface area is 194 Å². The van der Waals surface area contributed by atoms with Crippen LogP contribution in [0.15, 0.2) is 48.8 Å². The molecule has 0 radical (unpaired) electrons. The number of amides is 2. The van der Waals surface area contributed by atoms with Crippen LogP contribution in [0.25, 0.3) is 16.9 Å². The van der Waals surface area contributed by atoms with Crippen molar-refractivity contribution in [1.82, 2.24) is 14.7 Å². The van der Waals surface area contributed by atoms with E-state index in [4.69, 9.17) is 9.47 Å². The number of aromatic nitrogens is 2. The molecule has 0 fully saturated rings. The summed E-state index contributed by atoms with van der Waals surface area (Å²) in [5.74, 6) is 0. The van der Waals surface area contributed by atoms with Crippen molar-refractivity contribution in [1.29, 1.82) is 0 Å². The molecule has 2 amide bonds. The Morgan fingerprint density at radius 1 is 1.03 bits per heavy atom. The van der Waals surface area contributed by atoms with Gasteiger partial charge in [-0.15, -0.1) is 0 Å². The molecule has 0 unspecified atom stereocenters. The number of hydrogen-bond acceptors (Lipinski definition) is 5. The van der Waals surface area contributed by atoms with Crippen LogP contribution in [-0.4, -0.2) is 39.8 Å². The van der Waals surface area contributed by atoms with Crippen molar-refractivity contribution in [2.75, 3.05) is 11.9 Å². The summed E-state index contributed by atoms with van der Waals surface area (Å²) in [4.78, 5) is 30.4. The van der Waals surface area contributed by atoms with Crippen molar-refractivity contribution in [3.8, 4) is 11.3 Å². The first-order valence-electron chi connectivity index (χ1n) is 10.8. The number of carbonyl (C=O) groups is 2. The standard InChI is InChI=1S/C25H32N4O4/c1-24(2,3)32-22(30)27-14-17-9-8-10-18(13-17)20-15-26-21-12-11-19(16-29(20)21)28(7)23(31)33-25(4,5)6/h8-13,15-16H,14H2,1-7H3,(H,27,30). The number of pyridine rings is 1. The average Bonchev–Trinajstić information content (AvgIpc) is 3.12. The molecule has 2 aromatic heterocycles. The first-order chi connectivity index (χ1) is 15.3. The van der Waals surface area contributed by atoms with Crippen LogP contribution >= 0.6 is 0 Å². The Morgan fingerprint density at radius 3 is 2.39 bits per heavy atom. The molecule has 0 aliphatic carbocycles. The second-order valence-corrected chi connectivity index (χ2v) is 9.85. The van der Waals surface area contributed by atoms with E-state index in [0.29, 0.717) is 12.2 Å². The number of carbonyl (C=O) groups excluding carboxylic acids is 2. The van der Waals surface area contributed by atoms with E-state index in [1.54, 1.807) is 13.2 Å². The van der Waals surface area contributed by atoms with Crippen molar-refractivity contribution < 1.29 is 19.1 Å². The fourth-order valence-electron chi connectivity index (χ4n) is 3.15. The van der Waals surface area contributed by atoms with Gasteiger partial charge in [-0.05, 0) is 65.3 Å². The lowest BCUT2D eigenvalue weighted by Crippen LogP contribution is -2.34. The van der Waals surface area contributed by atoms with Crippen LogP contribution in [-0.2, 0) is 16.0 Å². The van der Waals surface area contributed by atoms with Gasteiger partial charge in [-0.2, -0.15) is 0 Å². The van der Waals surface area contributed by atoms with Gasteiger partial charge in [0.2, 0.25) is 0 Å². The number of hydrogen-bond donors (Lipinski definition) is 1. The summed E-state index contributed by atoms with van der Waals surface area (Å²) in [5, 5.41) is 2.78. The zero-order valence-corrected chi connectivity index (χ0v) is 20.3. The van der Waals surface area contributed by atoms with Gasteiger partial charge in [0.05, 0.1) is 17.6 Å². The third-order valence-corrected chi connectivity index (χ3v) is 4.60. The van der Waals surface area contributed by atoms with Crippen molar-refractivity contribution in [3.63, 3.8) is 0 Å². The highest BCUT2D eigenvalue weighted by molar-refractivity contribution is 5.87. The lowest BCUT2D eigenvalue weighted by Gasteiger charge is -2.24. The third kappa shape index (κ3) is 6.47. The van der Waals surface area contributed by atoms with E-state index in [0.717, 1.165) is 22.5 Å². The van der Waals surface area contributed by atoms with Gasteiger partial charge in [0, 0.05) is 25.4 Å². The molecule has 2 heterocycles. The SMILES string of the molecule is CN(C(=O)OC(C)(C)C)c1ccc2ncc(-c3cccc(CNC(=O)OC(C)(C)C)c3)n2c1. The van der Waals surface area contributed by atoms with E-state index in [2.05, 4.69) is 10.3 Å². The largest absolute Gasteiger partial charge is 0.444 e. The first-order valence-corrected chi connectivity index (χ1v) is 10.8. The Hall–Kier alpha value is -3.55. The molecule has 0 bridgehead atoms. The van der Waals surface area contributed by atoms with E-state index in [-0.39, 0.29) is 0 Å². The van der Waals surface area contributed by atoms with Crippen molar-refractivity contribution >= 4 is 23.5 Å². The van der Waals surface area contributed by atoms with E-state index >= 15 is 0 Å². The van der Waals surface area contributed by atoms with Gasteiger partial charge in [0.25, 0.3) is 0 Å². The Balaban J connectivity index is 1.83. The van der Waals surface area contributed by atoms with Crippen molar-refractivity contribution in [2.45, 2.75) is 59.3 Å². The number of nitrogens with zero attached hydrogens (tertiary/aromatic N) is 3. The van der Waals surface area contributed by atoms with E-state index in [9.17, 15) is 9.59 Å². The van der Waals surface area contributed by atoms with Gasteiger partial charge >= 0.3 is 12.2 Å². The highest BCUT2D eigenvalue weighted by Gasteiger charge is 2.21. The molecule has 8 heteroatoms. The minimum atomic E-state index is -0.580. The second kappa shape index (κ2) is 9.13. The molecular formula is C25H32N4O4. The van der Waals surface area contributed by atoms with Gasteiger partial charge in [-0.25, -0.2) is 14.6 Å². The number of anilines is 1. The Kier molecular flexibility index (Phi) is 6.67. The number of fused-ring (bicyclic) bond motifs is 1. The van der Waals surface area contributed by atoms with Crippen LogP contribution in [0.5, 0.6) is 0 Å². The number of nitrogens with one attached hydrogen (secondary N) is 1. The average molecular weight is 453 g/mol. The molecule has 3 aromatic rings. The van der Waals surface area contributed by atoms with E-state index < -0.39 is 23.4 Å². The number of rotatable bonds is 4. The summed E-state index contributed by atoms with van der Waals surface area (Å²) in [5.41, 5.74) is 3.03. The van der Waals surface area contributed by atoms with Crippen LogP contribution < -0.4 is 10.2 Å². The summed E-state index contributed by atoms with van der Waals surface area (Å²) < 4.78 is 12.7. The predicted octanol–water partition coefficient (Wildman–Crippen LogP) is 5.40. The third-order valence-electron chi connectivity index (χ3n) is 4.60. The van der Waals surface area contributed by atoms with Gasteiger partial charge in [-0.1, -0.05) is 18.2 Å². The molecule has 1 N–H and O–H groups in total. The smallest absolute Gasteiger partial charge is 0.414 e. The van der Waals surface area contributed by atoms with Gasteiger partial charge in [0.1, 0.15) is 16.8 Å². The fourth-order valence-corrected chi connectivity index (χ4v) is 3.15. The quantitative estimate of drug-likeness (QED) is 0.573. The molecule has 3 rings (SSSR count). The fraction of sp³-hybridized carbons (Fsp3) is 0.400. The minimum absolute atomic E-state index is 0.339. The molecule has 0 aliphatic heterocycles. The van der Waals surface area contributed by atoms with Crippen LogP contribution in [0.3, 0.4) is 0 Å². The maximum atomic E-state index is 12.5. The highest BCUT2D eigenvalue weighted by atomic mass is 16.6. The number of alkyl carbamates (subject to hydrolysis) is 1. The first kappa shape index (κ1) is 24.1. The maximum Gasteiger partial charge on any atom is 0.414 e. The molecule has 0 saturated heterocycles. The minimum Gasteiger partial charge on any atom is -0.444 e. The maximum absolute atomic E-state index is 12.5. The predicted molar refractivity (Wildman–Crippen MR) is 128 cm³/mol. The molecule has 0 spiro atoms. The van der Waals surface area contributed by atoms with Crippen LogP contribution in [0.2, 0.25) is 0 Å². The van der Waals surface area contributed by atoms with E-state index in [1.165, 1.54) is 4.90 Å². The van der Waals surface area contributed by atoms with Crippen LogP contribution in [0, 0.1) is 0 Å². The molecule has 0 saturated carbocycles. The number of benzene rings is 1. The molecule has 0 aliphatic rings. The zero-order valence-electron chi connectivity index (χ0n) is 20.3. The topological polar surface area (TPSA) is 85.2 Å². The zero-order chi connectivity index (χ0) is 24.4. The molecular weight excluding hydrogens is 420 g/mol. The lowest BCUT2D eigenvalue weighted by atomic mass is 10.1. The lowest BCUT2D eigenvalue weighted by molar-refractivity contribution is 0.0521. The van der Waals surface area contributed by atoms with Crippen LogP contribution in [0.1, 0.15) is 47.1 Å². The van der Waals surface area contributed by atoms with Crippen LogP contribution in [0.4, 0.5) is 15.3 Å². The monoisotopic (exact) mass is 452 g/mol. The highest BCUT2D eigenvalue weighted by Crippen LogP contribution is 2.25. The van der Waals surface area contributed by atoms with E-state index in [1.807, 2.05) is 88.5 Å². The van der Waals surface area contributed by atoms with Gasteiger partial charge < -0.3 is 14.8 Å². The molecule has 0 atom stereocenters. The summed E-state index contributed by atoms with van der Waals surface area (Å²) in [7, 11) is 1.68. The normalized spacial score (nSPS) is 11.8. The van der Waals surface area contributed by atoms with Gasteiger partial charge in [0.15, 0.2) is 0 Å². The summed E-state index contributed by atoms with van der Waals surface area (Å²) in [6, 6.07) is 11.5. The summed E-state index contributed by atoms with van der Waals surface area (Å²) in [6.45, 7) is 11.3. The molecule has 8 nitrogen and oxygen atoms in total. The number of ether oxygens (including phenoxy) is 2. The summed E-state index contributed by atoms with van der Waals surface area (Å²) in [6.07, 6.45) is 2.75. The van der Waals surface area contributed by atoms with Crippen molar-refractivity contribution in [2.24, 2.45) is 0 Å². The molecule has 176 valence electrons. The van der Waals surface area contributed by atoms with Crippen molar-refractivity contribution in [3.05, 3.63) is 54.4 Å². The molecule has 1 aromatic carbocycles. The Bertz CT molecular complexity index is 1160. The summed E-state index contributed by atoms with van der Waals surface area (Å²) >= 11 is 0. The Morgan fingerprint density at radius 2 is 1.73 bits per heavy atom. The van der Waals surface area contributed by atoms with Gasteiger partial charge in [-0.3, -0.25) is 9.30 Å². The second-order valence-electron chi connectivity index (χ2n) is 9.85.